The molecule has 1 aromatic carbocycles. The molecular formula is C17H23N3O5S. The van der Waals surface area contributed by atoms with Gasteiger partial charge in [0.2, 0.25) is 5.91 Å². The van der Waals surface area contributed by atoms with E-state index in [2.05, 4.69) is 4.98 Å². The van der Waals surface area contributed by atoms with Gasteiger partial charge in [0, 0.05) is 18.8 Å². The molecule has 1 aromatic heterocycles. The monoisotopic (exact) mass is 381 g/mol. The van der Waals surface area contributed by atoms with Crippen molar-refractivity contribution in [1.82, 2.24) is 14.5 Å². The van der Waals surface area contributed by atoms with E-state index in [-0.39, 0.29) is 37.2 Å². The first-order valence-corrected chi connectivity index (χ1v) is 10.3. The fraction of sp³-hybridized carbons (Fsp3) is 0.471. The zero-order valence-corrected chi connectivity index (χ0v) is 15.9. The molecule has 0 fully saturated rings. The van der Waals surface area contributed by atoms with Crippen LogP contribution in [0.25, 0.3) is 11.0 Å². The molecule has 26 heavy (non-hydrogen) atoms. The van der Waals surface area contributed by atoms with Crippen molar-refractivity contribution >= 4 is 32.7 Å². The van der Waals surface area contributed by atoms with Gasteiger partial charge in [0.25, 0.3) is 0 Å². The topological polar surface area (TPSA) is 110 Å². The molecule has 0 saturated heterocycles. The summed E-state index contributed by atoms with van der Waals surface area (Å²) < 4.78 is 25.0. The van der Waals surface area contributed by atoms with E-state index in [0.717, 1.165) is 6.26 Å². The number of sulfone groups is 1. The highest BCUT2D eigenvalue weighted by atomic mass is 32.2. The SMILES string of the molecule is CC(C)N(CCC(=O)O)C(=O)Cn1c(CS(C)(=O)=O)nc2ccccc21. The summed E-state index contributed by atoms with van der Waals surface area (Å²) >= 11 is 0. The van der Waals surface area contributed by atoms with Crippen molar-refractivity contribution in [2.45, 2.75) is 38.6 Å². The van der Waals surface area contributed by atoms with Crippen LogP contribution in [0.3, 0.4) is 0 Å². The lowest BCUT2D eigenvalue weighted by atomic mass is 10.2. The number of para-hydroxylation sites is 2. The predicted octanol–water partition coefficient (Wildman–Crippen LogP) is 1.29. The van der Waals surface area contributed by atoms with Crippen molar-refractivity contribution < 1.29 is 23.1 Å². The molecule has 1 amide bonds. The third-order valence-electron chi connectivity index (χ3n) is 3.93. The molecule has 9 heteroatoms. The standard InChI is InChI=1S/C17H23N3O5S/c1-12(2)19(9-8-17(22)23)16(21)10-20-14-7-5-4-6-13(14)18-15(20)11-26(3,24)25/h4-7,12H,8-11H2,1-3H3,(H,22,23). The number of hydrogen-bond acceptors (Lipinski definition) is 5. The number of amides is 1. The minimum absolute atomic E-state index is 0.0941. The van der Waals surface area contributed by atoms with E-state index < -0.39 is 15.8 Å². The van der Waals surface area contributed by atoms with Gasteiger partial charge in [-0.3, -0.25) is 9.59 Å². The van der Waals surface area contributed by atoms with E-state index >= 15 is 0 Å². The van der Waals surface area contributed by atoms with Crippen LogP contribution < -0.4 is 0 Å². The number of rotatable bonds is 8. The second-order valence-electron chi connectivity index (χ2n) is 6.50. The van der Waals surface area contributed by atoms with Crippen LogP contribution in [0, 0.1) is 0 Å². The van der Waals surface area contributed by atoms with Crippen LogP contribution in [0.2, 0.25) is 0 Å². The maximum Gasteiger partial charge on any atom is 0.305 e. The Morgan fingerprint density at radius 1 is 1.27 bits per heavy atom. The van der Waals surface area contributed by atoms with E-state index in [1.165, 1.54) is 4.90 Å². The summed E-state index contributed by atoms with van der Waals surface area (Å²) in [6, 6.07) is 6.94. The number of imidazole rings is 1. The molecule has 2 aromatic rings. The average Bonchev–Trinajstić information content (AvgIpc) is 2.82. The van der Waals surface area contributed by atoms with Crippen LogP contribution in [0.5, 0.6) is 0 Å². The Balaban J connectivity index is 2.37. The van der Waals surface area contributed by atoms with Crippen molar-refractivity contribution in [1.29, 1.82) is 0 Å². The Morgan fingerprint density at radius 2 is 1.92 bits per heavy atom. The highest BCUT2D eigenvalue weighted by molar-refractivity contribution is 7.89. The van der Waals surface area contributed by atoms with Gasteiger partial charge in [-0.05, 0) is 26.0 Å². The minimum atomic E-state index is -3.33. The Hall–Kier alpha value is -2.42. The van der Waals surface area contributed by atoms with Gasteiger partial charge in [0.15, 0.2) is 9.84 Å². The molecule has 0 aliphatic rings. The van der Waals surface area contributed by atoms with Crippen molar-refractivity contribution in [2.75, 3.05) is 12.8 Å². The molecule has 142 valence electrons. The number of hydrogen-bond donors (Lipinski definition) is 1. The smallest absolute Gasteiger partial charge is 0.305 e. The maximum atomic E-state index is 12.8. The number of benzene rings is 1. The van der Waals surface area contributed by atoms with Gasteiger partial charge >= 0.3 is 5.97 Å². The molecule has 0 bridgehead atoms. The quantitative estimate of drug-likeness (QED) is 0.738. The molecule has 0 atom stereocenters. The van der Waals surface area contributed by atoms with E-state index in [4.69, 9.17) is 5.11 Å². The van der Waals surface area contributed by atoms with Crippen LogP contribution >= 0.6 is 0 Å². The first kappa shape index (κ1) is 19.9. The molecule has 0 radical (unpaired) electrons. The number of carboxylic acid groups (broad SMARTS) is 1. The Labute approximate surface area is 152 Å². The lowest BCUT2D eigenvalue weighted by Gasteiger charge is -2.26. The number of aliphatic carboxylic acids is 1. The van der Waals surface area contributed by atoms with Crippen LogP contribution in [-0.4, -0.2) is 58.7 Å². The Morgan fingerprint density at radius 3 is 2.50 bits per heavy atom. The molecular weight excluding hydrogens is 358 g/mol. The van der Waals surface area contributed by atoms with Gasteiger partial charge in [-0.15, -0.1) is 0 Å². The zero-order valence-electron chi connectivity index (χ0n) is 15.0. The van der Waals surface area contributed by atoms with E-state index in [1.54, 1.807) is 28.8 Å². The van der Waals surface area contributed by atoms with E-state index in [1.807, 2.05) is 13.8 Å². The van der Waals surface area contributed by atoms with Crippen LogP contribution in [-0.2, 0) is 31.7 Å². The number of carbonyl (C=O) groups excluding carboxylic acids is 1. The van der Waals surface area contributed by atoms with Crippen LogP contribution in [0.15, 0.2) is 24.3 Å². The van der Waals surface area contributed by atoms with Gasteiger partial charge in [0.05, 0.1) is 17.5 Å². The van der Waals surface area contributed by atoms with Gasteiger partial charge in [-0.1, -0.05) is 12.1 Å². The lowest BCUT2D eigenvalue weighted by molar-refractivity contribution is -0.139. The van der Waals surface area contributed by atoms with Gasteiger partial charge < -0.3 is 14.6 Å². The fourth-order valence-corrected chi connectivity index (χ4v) is 3.45. The Kier molecular flexibility index (Phi) is 6.01. The first-order chi connectivity index (χ1) is 12.1. The second-order valence-corrected chi connectivity index (χ2v) is 8.64. The summed E-state index contributed by atoms with van der Waals surface area (Å²) in [5, 5.41) is 8.88. The summed E-state index contributed by atoms with van der Waals surface area (Å²) in [6.07, 6.45) is 0.969. The molecule has 8 nitrogen and oxygen atoms in total. The predicted molar refractivity (Wildman–Crippen MR) is 97.4 cm³/mol. The molecule has 0 spiro atoms. The minimum Gasteiger partial charge on any atom is -0.481 e. The van der Waals surface area contributed by atoms with E-state index in [9.17, 15) is 18.0 Å². The van der Waals surface area contributed by atoms with Gasteiger partial charge in [0.1, 0.15) is 18.1 Å². The van der Waals surface area contributed by atoms with Crippen molar-refractivity contribution in [2.24, 2.45) is 0 Å². The molecule has 1 N–H and O–H groups in total. The number of fused-ring (bicyclic) bond motifs is 1. The van der Waals surface area contributed by atoms with Crippen LogP contribution in [0.4, 0.5) is 0 Å². The maximum absolute atomic E-state index is 12.8. The largest absolute Gasteiger partial charge is 0.481 e. The number of aromatic nitrogens is 2. The third kappa shape index (κ3) is 5.04. The third-order valence-corrected chi connectivity index (χ3v) is 4.71. The van der Waals surface area contributed by atoms with Crippen molar-refractivity contribution in [3.63, 3.8) is 0 Å². The number of nitrogens with zero attached hydrogens (tertiary/aromatic N) is 3. The lowest BCUT2D eigenvalue weighted by Crippen LogP contribution is -2.40. The summed E-state index contributed by atoms with van der Waals surface area (Å²) in [5.41, 5.74) is 1.28. The van der Waals surface area contributed by atoms with Crippen molar-refractivity contribution in [3.8, 4) is 0 Å². The summed E-state index contributed by atoms with van der Waals surface area (Å²) in [6.45, 7) is 3.62. The number of carboxylic acids is 1. The average molecular weight is 381 g/mol. The molecule has 2 rings (SSSR count). The Bertz CT molecular complexity index is 918. The first-order valence-electron chi connectivity index (χ1n) is 8.21. The van der Waals surface area contributed by atoms with Crippen LogP contribution in [0.1, 0.15) is 26.1 Å². The highest BCUT2D eigenvalue weighted by Gasteiger charge is 2.22. The fourth-order valence-electron chi connectivity index (χ4n) is 2.76. The number of carbonyl (C=O) groups is 2. The second kappa shape index (κ2) is 7.86. The molecule has 0 saturated carbocycles. The highest BCUT2D eigenvalue weighted by Crippen LogP contribution is 2.18. The molecule has 0 aliphatic carbocycles. The molecule has 0 aliphatic heterocycles. The normalized spacial score (nSPS) is 11.8. The van der Waals surface area contributed by atoms with Gasteiger partial charge in [-0.2, -0.15) is 0 Å². The molecule has 0 unspecified atom stereocenters. The van der Waals surface area contributed by atoms with E-state index in [0.29, 0.717) is 16.9 Å². The summed E-state index contributed by atoms with van der Waals surface area (Å²) in [4.78, 5) is 29.4. The zero-order chi connectivity index (χ0) is 19.5. The molecule has 1 heterocycles. The van der Waals surface area contributed by atoms with Crippen molar-refractivity contribution in [3.05, 3.63) is 30.1 Å². The van der Waals surface area contributed by atoms with Gasteiger partial charge in [-0.25, -0.2) is 13.4 Å². The summed E-state index contributed by atoms with van der Waals surface area (Å²) in [5.74, 6) is -1.23. The summed E-state index contributed by atoms with van der Waals surface area (Å²) in [7, 11) is -3.33.